The van der Waals surface area contributed by atoms with Gasteiger partial charge in [0.2, 0.25) is 5.91 Å². The Balaban J connectivity index is 0.00000225. The van der Waals surface area contributed by atoms with Gasteiger partial charge >= 0.3 is 0 Å². The minimum Gasteiger partial charge on any atom is -0.340 e. The van der Waals surface area contributed by atoms with E-state index in [2.05, 4.69) is 0 Å². The number of hydrogen-bond acceptors (Lipinski definition) is 2. The van der Waals surface area contributed by atoms with E-state index in [9.17, 15) is 9.18 Å². The van der Waals surface area contributed by atoms with E-state index in [1.165, 1.54) is 17.0 Å². The number of nitrogens with two attached hydrogens (primary N) is 1. The van der Waals surface area contributed by atoms with Gasteiger partial charge in [-0.05, 0) is 24.6 Å². The van der Waals surface area contributed by atoms with Gasteiger partial charge < -0.3 is 10.6 Å². The molecule has 0 fully saturated rings. The van der Waals surface area contributed by atoms with Gasteiger partial charge in [-0.3, -0.25) is 4.79 Å². The van der Waals surface area contributed by atoms with E-state index in [1.807, 2.05) is 0 Å². The van der Waals surface area contributed by atoms with Gasteiger partial charge in [-0.1, -0.05) is 12.1 Å². The average Bonchev–Trinajstić information content (AvgIpc) is 2.16. The molecule has 0 saturated carbocycles. The summed E-state index contributed by atoms with van der Waals surface area (Å²) in [5.41, 5.74) is 6.21. The molecule has 0 heterocycles. The highest BCUT2D eigenvalue weighted by molar-refractivity contribution is 5.85. The fourth-order valence-corrected chi connectivity index (χ4v) is 1.33. The first-order valence-electron chi connectivity index (χ1n) is 4.75. The SMILES string of the molecule is C[C@H](N)C(=O)N(C)Cc1cccc(F)c1.Cl. The van der Waals surface area contributed by atoms with Crippen LogP contribution < -0.4 is 5.73 Å². The molecule has 0 radical (unpaired) electrons. The van der Waals surface area contributed by atoms with Crippen LogP contribution in [0.4, 0.5) is 4.39 Å². The topological polar surface area (TPSA) is 46.3 Å². The molecule has 1 aromatic carbocycles. The zero-order valence-electron chi connectivity index (χ0n) is 9.31. The average molecular weight is 247 g/mol. The maximum atomic E-state index is 12.8. The second-order valence-electron chi connectivity index (χ2n) is 3.61. The van der Waals surface area contributed by atoms with Crippen molar-refractivity contribution in [2.45, 2.75) is 19.5 Å². The molecule has 0 aromatic heterocycles. The van der Waals surface area contributed by atoms with Crippen molar-refractivity contribution < 1.29 is 9.18 Å². The van der Waals surface area contributed by atoms with Gasteiger partial charge in [-0.25, -0.2) is 4.39 Å². The van der Waals surface area contributed by atoms with Crippen LogP contribution in [0.25, 0.3) is 0 Å². The summed E-state index contributed by atoms with van der Waals surface area (Å²) < 4.78 is 12.8. The van der Waals surface area contributed by atoms with Crippen LogP contribution in [0.1, 0.15) is 12.5 Å². The van der Waals surface area contributed by atoms with Crippen LogP contribution in [0.3, 0.4) is 0 Å². The minimum atomic E-state index is -0.524. The molecule has 2 N–H and O–H groups in total. The molecule has 1 aromatic rings. The molecule has 5 heteroatoms. The zero-order valence-corrected chi connectivity index (χ0v) is 10.1. The minimum absolute atomic E-state index is 0. The molecule has 16 heavy (non-hydrogen) atoms. The van der Waals surface area contributed by atoms with Crippen LogP contribution in [-0.4, -0.2) is 23.9 Å². The van der Waals surface area contributed by atoms with Crippen molar-refractivity contribution in [3.05, 3.63) is 35.6 Å². The van der Waals surface area contributed by atoms with E-state index < -0.39 is 6.04 Å². The van der Waals surface area contributed by atoms with Crippen molar-refractivity contribution in [3.63, 3.8) is 0 Å². The summed E-state index contributed by atoms with van der Waals surface area (Å²) >= 11 is 0. The van der Waals surface area contributed by atoms with Crippen LogP contribution in [0.15, 0.2) is 24.3 Å². The number of halogens is 2. The Morgan fingerprint density at radius 1 is 1.56 bits per heavy atom. The molecule has 0 bridgehead atoms. The zero-order chi connectivity index (χ0) is 11.4. The number of likely N-dealkylation sites (N-methyl/N-ethyl adjacent to an activating group) is 1. The monoisotopic (exact) mass is 246 g/mol. The second-order valence-corrected chi connectivity index (χ2v) is 3.61. The summed E-state index contributed by atoms with van der Waals surface area (Å²) in [5.74, 6) is -0.451. The third-order valence-electron chi connectivity index (χ3n) is 2.07. The van der Waals surface area contributed by atoms with Crippen molar-refractivity contribution in [3.8, 4) is 0 Å². The molecule has 3 nitrogen and oxygen atoms in total. The third-order valence-corrected chi connectivity index (χ3v) is 2.07. The first-order chi connectivity index (χ1) is 7.00. The van der Waals surface area contributed by atoms with Crippen molar-refractivity contribution >= 4 is 18.3 Å². The summed E-state index contributed by atoms with van der Waals surface area (Å²) in [4.78, 5) is 12.9. The Labute approximate surface area is 101 Å². The Kier molecular flexibility index (Phi) is 6.00. The number of rotatable bonds is 3. The van der Waals surface area contributed by atoms with Gasteiger partial charge in [-0.15, -0.1) is 12.4 Å². The summed E-state index contributed by atoms with van der Waals surface area (Å²) in [6.45, 7) is 2.00. The number of amides is 1. The largest absolute Gasteiger partial charge is 0.340 e. The van der Waals surface area contributed by atoms with Gasteiger partial charge in [0, 0.05) is 13.6 Å². The van der Waals surface area contributed by atoms with Crippen molar-refractivity contribution in [2.75, 3.05) is 7.05 Å². The number of nitrogens with zero attached hydrogens (tertiary/aromatic N) is 1. The molecule has 0 unspecified atom stereocenters. The smallest absolute Gasteiger partial charge is 0.239 e. The maximum Gasteiger partial charge on any atom is 0.239 e. The predicted molar refractivity (Wildman–Crippen MR) is 63.8 cm³/mol. The lowest BCUT2D eigenvalue weighted by Crippen LogP contribution is -2.39. The van der Waals surface area contributed by atoms with Gasteiger partial charge in [0.15, 0.2) is 0 Å². The molecular weight excluding hydrogens is 231 g/mol. The van der Waals surface area contributed by atoms with E-state index in [4.69, 9.17) is 5.73 Å². The first kappa shape index (κ1) is 14.9. The highest BCUT2D eigenvalue weighted by atomic mass is 35.5. The lowest BCUT2D eigenvalue weighted by Gasteiger charge is -2.19. The standard InChI is InChI=1S/C11H15FN2O.ClH/c1-8(13)11(15)14(2)7-9-4-3-5-10(12)6-9;/h3-6,8H,7,13H2,1-2H3;1H/t8-;/m0./s1. The highest BCUT2D eigenvalue weighted by Gasteiger charge is 2.13. The van der Waals surface area contributed by atoms with Gasteiger partial charge in [0.05, 0.1) is 6.04 Å². The molecule has 1 amide bonds. The molecular formula is C11H16ClFN2O. The van der Waals surface area contributed by atoms with Gasteiger partial charge in [-0.2, -0.15) is 0 Å². The molecule has 1 atom stereocenters. The summed E-state index contributed by atoms with van der Waals surface area (Å²) in [7, 11) is 1.65. The lowest BCUT2D eigenvalue weighted by atomic mass is 10.2. The number of hydrogen-bond donors (Lipinski definition) is 1. The van der Waals surface area contributed by atoms with Crippen LogP contribution in [0, 0.1) is 5.82 Å². The molecule has 90 valence electrons. The fraction of sp³-hybridized carbons (Fsp3) is 0.364. The summed E-state index contributed by atoms with van der Waals surface area (Å²) in [6.07, 6.45) is 0. The van der Waals surface area contributed by atoms with Crippen molar-refractivity contribution in [1.29, 1.82) is 0 Å². The van der Waals surface area contributed by atoms with Gasteiger partial charge in [0.25, 0.3) is 0 Å². The summed E-state index contributed by atoms with van der Waals surface area (Å²) in [6, 6.07) is 5.65. The molecule has 0 spiro atoms. The molecule has 0 aliphatic heterocycles. The number of benzene rings is 1. The van der Waals surface area contributed by atoms with Crippen LogP contribution in [0.2, 0.25) is 0 Å². The molecule has 0 saturated heterocycles. The van der Waals surface area contributed by atoms with Crippen LogP contribution in [0.5, 0.6) is 0 Å². The molecule has 0 aliphatic carbocycles. The predicted octanol–water partition coefficient (Wildman–Crippen LogP) is 1.55. The first-order valence-corrected chi connectivity index (χ1v) is 4.75. The Hall–Kier alpha value is -1.13. The fourth-order valence-electron chi connectivity index (χ4n) is 1.33. The third kappa shape index (κ3) is 4.16. The molecule has 1 rings (SSSR count). The van der Waals surface area contributed by atoms with Crippen LogP contribution >= 0.6 is 12.4 Å². The Morgan fingerprint density at radius 3 is 2.69 bits per heavy atom. The van der Waals surface area contributed by atoms with Crippen molar-refractivity contribution in [2.24, 2.45) is 5.73 Å². The van der Waals surface area contributed by atoms with Crippen LogP contribution in [-0.2, 0) is 11.3 Å². The molecule has 0 aliphatic rings. The van der Waals surface area contributed by atoms with E-state index in [0.717, 1.165) is 5.56 Å². The number of carbonyl (C=O) groups excluding carboxylic acids is 1. The van der Waals surface area contributed by atoms with E-state index in [1.54, 1.807) is 26.1 Å². The van der Waals surface area contributed by atoms with Gasteiger partial charge in [0.1, 0.15) is 5.82 Å². The highest BCUT2D eigenvalue weighted by Crippen LogP contribution is 2.06. The quantitative estimate of drug-likeness (QED) is 0.880. The second kappa shape index (κ2) is 6.45. The Morgan fingerprint density at radius 2 is 2.19 bits per heavy atom. The summed E-state index contributed by atoms with van der Waals surface area (Å²) in [5, 5.41) is 0. The normalized spacial score (nSPS) is 11.5. The Bertz CT molecular complexity index is 358. The van der Waals surface area contributed by atoms with Crippen molar-refractivity contribution in [1.82, 2.24) is 4.90 Å². The number of carbonyl (C=O) groups is 1. The van der Waals surface area contributed by atoms with E-state index in [-0.39, 0.29) is 24.1 Å². The lowest BCUT2D eigenvalue weighted by molar-refractivity contribution is -0.131. The maximum absolute atomic E-state index is 12.8. The van der Waals surface area contributed by atoms with E-state index >= 15 is 0 Å². The van der Waals surface area contributed by atoms with E-state index in [0.29, 0.717) is 6.54 Å².